The molecule has 2 N–H and O–H groups in total. The van der Waals surface area contributed by atoms with Gasteiger partial charge in [-0.15, -0.1) is 11.8 Å². The molecule has 2 aromatic carbocycles. The van der Waals surface area contributed by atoms with E-state index in [1.807, 2.05) is 44.2 Å². The molecule has 0 fully saturated rings. The second-order valence-electron chi connectivity index (χ2n) is 5.11. The fourth-order valence-electron chi connectivity index (χ4n) is 1.93. The van der Waals surface area contributed by atoms with Gasteiger partial charge in [-0.25, -0.2) is 4.39 Å². The molecule has 0 bridgehead atoms. The van der Waals surface area contributed by atoms with Crippen LogP contribution in [0.15, 0.2) is 53.4 Å². The van der Waals surface area contributed by atoms with Crippen LogP contribution in [0, 0.1) is 5.82 Å². The van der Waals surface area contributed by atoms with Crippen LogP contribution in [-0.4, -0.2) is 11.9 Å². The number of halogens is 1. The zero-order valence-corrected chi connectivity index (χ0v) is 13.1. The van der Waals surface area contributed by atoms with E-state index in [0.717, 1.165) is 16.2 Å². The lowest BCUT2D eigenvalue weighted by Crippen LogP contribution is -2.13. The van der Waals surface area contributed by atoms with Crippen molar-refractivity contribution in [1.82, 2.24) is 0 Å². The quantitative estimate of drug-likeness (QED) is 0.803. The molecular weight excluding hydrogens is 285 g/mol. The Morgan fingerprint density at radius 2 is 1.90 bits per heavy atom. The molecule has 2 aromatic rings. The van der Waals surface area contributed by atoms with E-state index in [1.165, 1.54) is 12.1 Å². The molecule has 0 saturated carbocycles. The van der Waals surface area contributed by atoms with Crippen LogP contribution in [0.1, 0.15) is 25.5 Å². The van der Waals surface area contributed by atoms with E-state index in [4.69, 9.17) is 10.5 Å². The SMILES string of the molecule is CC(C)Oc1cccc(C(N)CSc2cccc(F)c2)c1. The van der Waals surface area contributed by atoms with E-state index in [-0.39, 0.29) is 18.0 Å². The van der Waals surface area contributed by atoms with Crippen LogP contribution in [0.25, 0.3) is 0 Å². The van der Waals surface area contributed by atoms with E-state index >= 15 is 0 Å². The molecule has 0 aliphatic heterocycles. The van der Waals surface area contributed by atoms with Crippen LogP contribution in [0.2, 0.25) is 0 Å². The van der Waals surface area contributed by atoms with E-state index in [9.17, 15) is 4.39 Å². The van der Waals surface area contributed by atoms with Crippen LogP contribution in [-0.2, 0) is 0 Å². The lowest BCUT2D eigenvalue weighted by atomic mass is 10.1. The zero-order chi connectivity index (χ0) is 15.2. The Hall–Kier alpha value is -1.52. The van der Waals surface area contributed by atoms with Gasteiger partial charge in [0.05, 0.1) is 6.10 Å². The summed E-state index contributed by atoms with van der Waals surface area (Å²) in [6.07, 6.45) is 0.137. The van der Waals surface area contributed by atoms with E-state index in [2.05, 4.69) is 0 Å². The fraction of sp³-hybridized carbons (Fsp3) is 0.294. The number of hydrogen-bond acceptors (Lipinski definition) is 3. The van der Waals surface area contributed by atoms with Gasteiger partial charge in [-0.05, 0) is 49.7 Å². The summed E-state index contributed by atoms with van der Waals surface area (Å²) in [7, 11) is 0. The van der Waals surface area contributed by atoms with Gasteiger partial charge in [0.25, 0.3) is 0 Å². The molecule has 21 heavy (non-hydrogen) atoms. The van der Waals surface area contributed by atoms with Gasteiger partial charge in [-0.3, -0.25) is 0 Å². The highest BCUT2D eigenvalue weighted by Gasteiger charge is 2.09. The first-order valence-electron chi connectivity index (χ1n) is 6.95. The molecule has 2 rings (SSSR count). The molecular formula is C17H20FNOS. The maximum Gasteiger partial charge on any atom is 0.124 e. The summed E-state index contributed by atoms with van der Waals surface area (Å²) >= 11 is 1.55. The van der Waals surface area contributed by atoms with Crippen LogP contribution in [0.4, 0.5) is 4.39 Å². The lowest BCUT2D eigenvalue weighted by molar-refractivity contribution is 0.242. The Balaban J connectivity index is 1.98. The van der Waals surface area contributed by atoms with Crippen molar-refractivity contribution in [2.24, 2.45) is 5.73 Å². The smallest absolute Gasteiger partial charge is 0.124 e. The summed E-state index contributed by atoms with van der Waals surface area (Å²) in [5, 5.41) is 0. The van der Waals surface area contributed by atoms with Gasteiger partial charge in [-0.1, -0.05) is 18.2 Å². The first-order valence-corrected chi connectivity index (χ1v) is 7.93. The molecule has 2 nitrogen and oxygen atoms in total. The minimum Gasteiger partial charge on any atom is -0.491 e. The molecule has 0 aliphatic rings. The topological polar surface area (TPSA) is 35.2 Å². The molecule has 0 radical (unpaired) electrons. The third-order valence-electron chi connectivity index (χ3n) is 2.88. The minimum absolute atomic E-state index is 0.117. The Bertz CT molecular complexity index is 589. The van der Waals surface area contributed by atoms with E-state index in [0.29, 0.717) is 5.75 Å². The van der Waals surface area contributed by atoms with Gasteiger partial charge < -0.3 is 10.5 Å². The second-order valence-corrected chi connectivity index (χ2v) is 6.21. The molecule has 0 heterocycles. The molecule has 1 unspecified atom stereocenters. The number of rotatable bonds is 6. The van der Waals surface area contributed by atoms with Crippen LogP contribution in [0.3, 0.4) is 0 Å². The second kappa shape index (κ2) is 7.48. The maximum atomic E-state index is 13.1. The highest BCUT2D eigenvalue weighted by Crippen LogP contribution is 2.26. The molecule has 0 amide bonds. The van der Waals surface area contributed by atoms with E-state index in [1.54, 1.807) is 17.8 Å². The number of hydrogen-bond donors (Lipinski definition) is 1. The van der Waals surface area contributed by atoms with Crippen LogP contribution < -0.4 is 10.5 Å². The first-order chi connectivity index (χ1) is 10.0. The summed E-state index contributed by atoms with van der Waals surface area (Å²) in [5.74, 6) is 1.30. The van der Waals surface area contributed by atoms with Gasteiger partial charge in [-0.2, -0.15) is 0 Å². The lowest BCUT2D eigenvalue weighted by Gasteiger charge is -2.15. The van der Waals surface area contributed by atoms with Crippen molar-refractivity contribution in [2.45, 2.75) is 30.9 Å². The van der Waals surface area contributed by atoms with Crippen LogP contribution >= 0.6 is 11.8 Å². The normalized spacial score (nSPS) is 12.4. The standard InChI is InChI=1S/C17H20FNOS/c1-12(2)20-15-7-3-5-13(9-15)17(19)11-21-16-8-4-6-14(18)10-16/h3-10,12,17H,11,19H2,1-2H3. The predicted molar refractivity (Wildman–Crippen MR) is 86.3 cm³/mol. The molecule has 0 aromatic heterocycles. The molecule has 1 atom stereocenters. The number of benzene rings is 2. The largest absolute Gasteiger partial charge is 0.491 e. The highest BCUT2D eigenvalue weighted by molar-refractivity contribution is 7.99. The first kappa shape index (κ1) is 15.9. The van der Waals surface area contributed by atoms with Crippen molar-refractivity contribution in [1.29, 1.82) is 0 Å². The minimum atomic E-state index is -0.221. The summed E-state index contributed by atoms with van der Waals surface area (Å²) in [4.78, 5) is 0.889. The van der Waals surface area contributed by atoms with Crippen molar-refractivity contribution in [2.75, 3.05) is 5.75 Å². The predicted octanol–water partition coefficient (Wildman–Crippen LogP) is 4.41. The fourth-order valence-corrected chi connectivity index (χ4v) is 2.86. The summed E-state index contributed by atoms with van der Waals surface area (Å²) in [5.41, 5.74) is 7.24. The van der Waals surface area contributed by atoms with Crippen molar-refractivity contribution in [3.8, 4) is 5.75 Å². The van der Waals surface area contributed by atoms with E-state index < -0.39 is 0 Å². The summed E-state index contributed by atoms with van der Waals surface area (Å²) in [6.45, 7) is 3.98. The number of thioether (sulfide) groups is 1. The Kier molecular flexibility index (Phi) is 5.65. The van der Waals surface area contributed by atoms with Gasteiger partial charge in [0.1, 0.15) is 11.6 Å². The summed E-state index contributed by atoms with van der Waals surface area (Å²) in [6, 6.07) is 14.3. The Morgan fingerprint density at radius 3 is 2.62 bits per heavy atom. The molecule has 0 saturated heterocycles. The zero-order valence-electron chi connectivity index (χ0n) is 12.3. The van der Waals surface area contributed by atoms with Gasteiger partial charge in [0.15, 0.2) is 0 Å². The van der Waals surface area contributed by atoms with Crippen molar-refractivity contribution in [3.05, 3.63) is 59.9 Å². The maximum absolute atomic E-state index is 13.1. The number of nitrogens with two attached hydrogens (primary N) is 1. The molecule has 0 aliphatic carbocycles. The third-order valence-corrected chi connectivity index (χ3v) is 4.00. The van der Waals surface area contributed by atoms with Crippen molar-refractivity contribution < 1.29 is 9.13 Å². The van der Waals surface area contributed by atoms with Gasteiger partial charge >= 0.3 is 0 Å². The average molecular weight is 305 g/mol. The van der Waals surface area contributed by atoms with Crippen LogP contribution in [0.5, 0.6) is 5.75 Å². The third kappa shape index (κ3) is 5.06. The highest BCUT2D eigenvalue weighted by atomic mass is 32.2. The molecule has 112 valence electrons. The summed E-state index contributed by atoms with van der Waals surface area (Å²) < 4.78 is 18.8. The average Bonchev–Trinajstić information content (AvgIpc) is 2.44. The Morgan fingerprint density at radius 1 is 1.14 bits per heavy atom. The van der Waals surface area contributed by atoms with Gasteiger partial charge in [0, 0.05) is 16.7 Å². The molecule has 4 heteroatoms. The molecule has 0 spiro atoms. The Labute approximate surface area is 129 Å². The van der Waals surface area contributed by atoms with Crippen molar-refractivity contribution >= 4 is 11.8 Å². The van der Waals surface area contributed by atoms with Gasteiger partial charge in [0.2, 0.25) is 0 Å². The number of ether oxygens (including phenoxy) is 1. The monoisotopic (exact) mass is 305 g/mol. The van der Waals surface area contributed by atoms with Crippen molar-refractivity contribution in [3.63, 3.8) is 0 Å².